The van der Waals surface area contributed by atoms with Crippen LogP contribution in [-0.2, 0) is 0 Å². The molecule has 0 spiro atoms. The van der Waals surface area contributed by atoms with Crippen LogP contribution in [0.2, 0.25) is 0 Å². The zero-order chi connectivity index (χ0) is 36.9. The fraction of sp³-hybridized carbons (Fsp3) is 0.922. The van der Waals surface area contributed by atoms with E-state index >= 15 is 0 Å². The van der Waals surface area contributed by atoms with E-state index in [9.17, 15) is 0 Å². The molecule has 0 aromatic rings. The summed E-state index contributed by atoms with van der Waals surface area (Å²) in [7, 11) is 0. The second kappa shape index (κ2) is 15.5. The lowest BCUT2D eigenvalue weighted by Crippen LogP contribution is -2.51. The van der Waals surface area contributed by atoms with Gasteiger partial charge in [0.1, 0.15) is 0 Å². The van der Waals surface area contributed by atoms with Gasteiger partial charge in [-0.05, 0) is 183 Å². The number of hydrogen-bond acceptors (Lipinski definition) is 0. The fourth-order valence-corrected chi connectivity index (χ4v) is 15.8. The molecule has 5 saturated carbocycles. The quantitative estimate of drug-likeness (QED) is 0.166. The highest BCUT2D eigenvalue weighted by atomic mass is 14.7. The molecule has 0 bridgehead atoms. The molecular formula is C51H88. The van der Waals surface area contributed by atoms with Crippen LogP contribution in [0.3, 0.4) is 0 Å². The first-order chi connectivity index (χ1) is 24.1. The molecule has 0 aromatic heterocycles. The normalized spacial score (nSPS) is 46.0. The Labute approximate surface area is 320 Å². The van der Waals surface area contributed by atoms with Crippen LogP contribution in [-0.4, -0.2) is 0 Å². The molecule has 0 amide bonds. The minimum Gasteiger partial charge on any atom is -0.0848 e. The smallest absolute Gasteiger partial charge is 0.00851 e. The summed E-state index contributed by atoms with van der Waals surface area (Å²) >= 11 is 0. The monoisotopic (exact) mass is 701 g/mol. The second-order valence-electron chi connectivity index (χ2n) is 22.5. The van der Waals surface area contributed by atoms with Crippen LogP contribution in [0, 0.1) is 92.7 Å². The number of allylic oxidation sites excluding steroid dienone is 4. The molecule has 7 aliphatic carbocycles. The van der Waals surface area contributed by atoms with Gasteiger partial charge in [-0.2, -0.15) is 0 Å². The summed E-state index contributed by atoms with van der Waals surface area (Å²) in [5.74, 6) is 11.2. The molecule has 51 heavy (non-hydrogen) atoms. The summed E-state index contributed by atoms with van der Waals surface area (Å²) < 4.78 is 0. The van der Waals surface area contributed by atoms with E-state index in [1.54, 1.807) is 24.8 Å². The topological polar surface area (TPSA) is 0 Å². The Morgan fingerprint density at radius 1 is 0.686 bits per heavy atom. The maximum Gasteiger partial charge on any atom is -0.00851 e. The first-order valence-corrected chi connectivity index (χ1v) is 23.5. The summed E-state index contributed by atoms with van der Waals surface area (Å²) in [6.45, 7) is 30.7. The predicted octanol–water partition coefficient (Wildman–Crippen LogP) is 15.9. The molecule has 5 fully saturated rings. The molecular weight excluding hydrogens is 613 g/mol. The summed E-state index contributed by atoms with van der Waals surface area (Å²) in [5, 5.41) is 0. The van der Waals surface area contributed by atoms with Crippen LogP contribution in [0.15, 0.2) is 23.3 Å². The van der Waals surface area contributed by atoms with E-state index in [-0.39, 0.29) is 0 Å². The van der Waals surface area contributed by atoms with Gasteiger partial charge in [0.05, 0.1) is 0 Å². The molecule has 0 nitrogen and oxygen atoms in total. The van der Waals surface area contributed by atoms with Crippen LogP contribution in [0.4, 0.5) is 0 Å². The van der Waals surface area contributed by atoms with Crippen LogP contribution in [0.5, 0.6) is 0 Å². The zero-order valence-electron chi connectivity index (χ0n) is 36.5. The Kier molecular flexibility index (Phi) is 12.2. The average molecular weight is 701 g/mol. The lowest BCUT2D eigenvalue weighted by molar-refractivity contribution is -0.0625. The average Bonchev–Trinajstić information content (AvgIpc) is 3.57. The van der Waals surface area contributed by atoms with Gasteiger partial charge in [-0.25, -0.2) is 0 Å². The SMILES string of the molecule is CC1=CCC2C(CC[C@]3(C)C(C)C([C@H](CCCC(C)C)C4CCC5C6CC=C7C[C@@H](C)CC[C@]7(C)C6CC[C@@]54C)CC23)C1(C)C.CCCCCC. The standard InChI is InChI=1S/C45H74.C6H14/c1-28(2)12-11-13-33(36-27-41-34-16-14-30(4)42(6,7)37(34)21-24-43(41,8)31(36)5)38-18-19-39-35-17-15-32-26-29(3)20-23-44(32,9)40(35)22-25-45(38,39)10;1-3-5-6-4-2/h14-15,28-29,31,33-41H,11-13,16-27H2,1-10H3;3-6H2,1-2H3/t29-,31?,33-,34?,35?,36?,37?,38?,39?,40?,41?,43+,44-,45+;/m0./s1. The van der Waals surface area contributed by atoms with E-state index in [1.165, 1.54) is 103 Å². The van der Waals surface area contributed by atoms with Gasteiger partial charge in [0, 0.05) is 0 Å². The van der Waals surface area contributed by atoms with Crippen molar-refractivity contribution in [1.29, 1.82) is 0 Å². The third-order valence-electron chi connectivity index (χ3n) is 19.5. The van der Waals surface area contributed by atoms with Gasteiger partial charge in [0.2, 0.25) is 0 Å². The van der Waals surface area contributed by atoms with Gasteiger partial charge in [0.15, 0.2) is 0 Å². The van der Waals surface area contributed by atoms with E-state index in [2.05, 4.69) is 95.2 Å². The number of hydrogen-bond donors (Lipinski definition) is 0. The van der Waals surface area contributed by atoms with Crippen LogP contribution < -0.4 is 0 Å². The Hall–Kier alpha value is -0.520. The summed E-state index contributed by atoms with van der Waals surface area (Å²) in [6.07, 6.45) is 33.3. The van der Waals surface area contributed by atoms with Crippen molar-refractivity contribution in [1.82, 2.24) is 0 Å². The molecule has 0 saturated heterocycles. The lowest BCUT2D eigenvalue weighted by atomic mass is 9.46. The van der Waals surface area contributed by atoms with E-state index < -0.39 is 0 Å². The van der Waals surface area contributed by atoms with Crippen molar-refractivity contribution in [2.24, 2.45) is 92.7 Å². The largest absolute Gasteiger partial charge is 0.0848 e. The number of rotatable bonds is 9. The molecule has 9 unspecified atom stereocenters. The Morgan fingerprint density at radius 3 is 2.02 bits per heavy atom. The molecule has 292 valence electrons. The van der Waals surface area contributed by atoms with Crippen molar-refractivity contribution in [3.63, 3.8) is 0 Å². The van der Waals surface area contributed by atoms with Crippen molar-refractivity contribution < 1.29 is 0 Å². The Morgan fingerprint density at radius 2 is 1.33 bits per heavy atom. The first-order valence-electron chi connectivity index (χ1n) is 23.5. The first kappa shape index (κ1) is 40.2. The summed E-state index contributed by atoms with van der Waals surface area (Å²) in [6, 6.07) is 0. The van der Waals surface area contributed by atoms with Crippen molar-refractivity contribution >= 4 is 0 Å². The molecule has 0 N–H and O–H groups in total. The van der Waals surface area contributed by atoms with E-state index in [4.69, 9.17) is 0 Å². The molecule has 0 aromatic carbocycles. The van der Waals surface area contributed by atoms with E-state index in [0.717, 1.165) is 71.0 Å². The third kappa shape index (κ3) is 7.08. The molecule has 0 heteroatoms. The van der Waals surface area contributed by atoms with E-state index in [0.29, 0.717) is 21.7 Å². The van der Waals surface area contributed by atoms with Gasteiger partial charge in [-0.3, -0.25) is 0 Å². The molecule has 0 heterocycles. The van der Waals surface area contributed by atoms with Gasteiger partial charge in [-0.1, -0.05) is 138 Å². The van der Waals surface area contributed by atoms with Crippen LogP contribution >= 0.6 is 0 Å². The second-order valence-corrected chi connectivity index (χ2v) is 22.5. The maximum absolute atomic E-state index is 2.87. The zero-order valence-corrected chi connectivity index (χ0v) is 36.5. The van der Waals surface area contributed by atoms with Gasteiger partial charge in [0.25, 0.3) is 0 Å². The lowest BCUT2D eigenvalue weighted by Gasteiger charge is -2.59. The molecule has 0 radical (unpaired) electrons. The van der Waals surface area contributed by atoms with Crippen molar-refractivity contribution in [3.8, 4) is 0 Å². The van der Waals surface area contributed by atoms with Gasteiger partial charge >= 0.3 is 0 Å². The minimum absolute atomic E-state index is 0.397. The van der Waals surface area contributed by atoms with Gasteiger partial charge in [-0.15, -0.1) is 0 Å². The highest BCUT2D eigenvalue weighted by molar-refractivity contribution is 5.25. The molecule has 7 aliphatic rings. The number of unbranched alkanes of at least 4 members (excludes halogenated alkanes) is 3. The Balaban J connectivity index is 0.000000689. The summed E-state index contributed by atoms with van der Waals surface area (Å²) in [5.41, 5.74) is 5.63. The maximum atomic E-state index is 2.87. The highest BCUT2D eigenvalue weighted by Crippen LogP contribution is 2.71. The fourth-order valence-electron chi connectivity index (χ4n) is 15.8. The van der Waals surface area contributed by atoms with Crippen molar-refractivity contribution in [2.75, 3.05) is 0 Å². The molecule has 0 aliphatic heterocycles. The van der Waals surface area contributed by atoms with E-state index in [1.807, 2.05) is 5.57 Å². The summed E-state index contributed by atoms with van der Waals surface area (Å²) in [4.78, 5) is 0. The van der Waals surface area contributed by atoms with Crippen molar-refractivity contribution in [3.05, 3.63) is 23.3 Å². The van der Waals surface area contributed by atoms with Crippen LogP contribution in [0.25, 0.3) is 0 Å². The molecule has 14 atom stereocenters. The van der Waals surface area contributed by atoms with Crippen molar-refractivity contribution in [2.45, 2.75) is 205 Å². The predicted molar refractivity (Wildman–Crippen MR) is 224 cm³/mol. The third-order valence-corrected chi connectivity index (χ3v) is 19.5. The molecule has 7 rings (SSSR count). The Bertz CT molecular complexity index is 1230. The van der Waals surface area contributed by atoms with Crippen LogP contribution in [0.1, 0.15) is 205 Å². The van der Waals surface area contributed by atoms with Gasteiger partial charge < -0.3 is 0 Å². The highest BCUT2D eigenvalue weighted by Gasteiger charge is 2.63. The number of fused-ring (bicyclic) bond motifs is 8. The minimum atomic E-state index is 0.397.